The van der Waals surface area contributed by atoms with Gasteiger partial charge in [-0.15, -0.1) is 0 Å². The highest BCUT2D eigenvalue weighted by atomic mass is 32.2. The lowest BCUT2D eigenvalue weighted by Gasteiger charge is -2.16. The number of rotatable bonds is 7. The molecule has 194 valence electrons. The molecule has 2 heterocycles. The Morgan fingerprint density at radius 1 is 0.923 bits per heavy atom. The summed E-state index contributed by atoms with van der Waals surface area (Å²) in [5, 5.41) is 18.9. The molecule has 1 fully saturated rings. The Morgan fingerprint density at radius 3 is 2.28 bits per heavy atom. The number of para-hydroxylation sites is 1. The zero-order chi connectivity index (χ0) is 27.5. The molecule has 39 heavy (non-hydrogen) atoms. The fourth-order valence-electron chi connectivity index (χ4n) is 4.06. The molecule has 0 atom stereocenters. The molecule has 9 heteroatoms. The third kappa shape index (κ3) is 5.68. The van der Waals surface area contributed by atoms with Crippen molar-refractivity contribution in [1.82, 2.24) is 4.90 Å². The maximum absolute atomic E-state index is 13.5. The highest BCUT2D eigenvalue weighted by Gasteiger charge is 2.34. The van der Waals surface area contributed by atoms with Crippen LogP contribution < -0.4 is 0 Å². The average molecular weight is 539 g/mol. The minimum absolute atomic E-state index is 0.168. The van der Waals surface area contributed by atoms with Crippen LogP contribution in [0.25, 0.3) is 17.4 Å². The molecule has 0 aliphatic carbocycles. The van der Waals surface area contributed by atoms with Crippen molar-refractivity contribution >= 4 is 46.5 Å². The highest BCUT2D eigenvalue weighted by molar-refractivity contribution is 8.18. The van der Waals surface area contributed by atoms with E-state index in [4.69, 9.17) is 4.42 Å². The molecule has 2 N–H and O–H groups in total. The van der Waals surface area contributed by atoms with Crippen molar-refractivity contribution in [2.75, 3.05) is 0 Å². The molecule has 0 bridgehead atoms. The molecule has 4 aromatic rings. The molecule has 1 aromatic heterocycles. The molecular formula is C30H22N2O6S. The first-order chi connectivity index (χ1) is 18.8. The molecule has 3 aromatic carbocycles. The van der Waals surface area contributed by atoms with Gasteiger partial charge in [-0.1, -0.05) is 36.4 Å². The minimum atomic E-state index is -1.02. The van der Waals surface area contributed by atoms with Crippen LogP contribution in [0, 0.1) is 6.92 Å². The van der Waals surface area contributed by atoms with Crippen LogP contribution in [0.1, 0.15) is 37.6 Å². The topological polar surface area (TPSA) is 120 Å². The number of aryl methyl sites for hydroxylation is 1. The van der Waals surface area contributed by atoms with Gasteiger partial charge in [-0.2, -0.15) is 0 Å². The number of carboxylic acid groups (broad SMARTS) is 2. The van der Waals surface area contributed by atoms with E-state index in [9.17, 15) is 24.6 Å². The molecule has 0 saturated carbocycles. The molecular weight excluding hydrogens is 516 g/mol. The van der Waals surface area contributed by atoms with E-state index in [-0.39, 0.29) is 23.6 Å². The van der Waals surface area contributed by atoms with Crippen molar-refractivity contribution in [2.45, 2.75) is 13.5 Å². The zero-order valence-corrected chi connectivity index (χ0v) is 21.5. The standard InChI is InChI=1S/C30H22N2O6S/c1-18-15-21(29(36)37)11-13-24(18)25-14-12-23(38-25)16-26-27(33)32(17-19-7-9-20(10-8-19)28(34)35)30(39-26)31-22-5-3-2-4-6-22/h2-16H,17H2,1H3,(H,34,35)(H,36,37)/b26-16-,31-30?. The first-order valence-electron chi connectivity index (χ1n) is 11.9. The molecule has 1 saturated heterocycles. The van der Waals surface area contributed by atoms with Crippen molar-refractivity contribution in [2.24, 2.45) is 4.99 Å². The van der Waals surface area contributed by atoms with Crippen LogP contribution in [0.2, 0.25) is 0 Å². The lowest BCUT2D eigenvalue weighted by Crippen LogP contribution is -2.28. The van der Waals surface area contributed by atoms with Crippen molar-refractivity contribution in [3.8, 4) is 11.3 Å². The number of carboxylic acids is 2. The lowest BCUT2D eigenvalue weighted by atomic mass is 10.0. The number of aromatic carboxylic acids is 2. The third-order valence-corrected chi connectivity index (χ3v) is 7.06. The number of hydrogen-bond acceptors (Lipinski definition) is 6. The van der Waals surface area contributed by atoms with E-state index in [0.717, 1.165) is 16.7 Å². The number of aliphatic imine (C=N–C) groups is 1. The Morgan fingerprint density at radius 2 is 1.62 bits per heavy atom. The number of benzene rings is 3. The fraction of sp³-hybridized carbons (Fsp3) is 0.0667. The van der Waals surface area contributed by atoms with Gasteiger partial charge in [-0.05, 0) is 78.3 Å². The summed E-state index contributed by atoms with van der Waals surface area (Å²) in [5.41, 5.74) is 3.33. The van der Waals surface area contributed by atoms with Crippen molar-refractivity contribution in [3.63, 3.8) is 0 Å². The van der Waals surface area contributed by atoms with Crippen LogP contribution in [0.4, 0.5) is 5.69 Å². The molecule has 0 spiro atoms. The molecule has 5 rings (SSSR count). The van der Waals surface area contributed by atoms with Crippen LogP contribution in [-0.2, 0) is 11.3 Å². The predicted molar refractivity (Wildman–Crippen MR) is 149 cm³/mol. The van der Waals surface area contributed by atoms with Gasteiger partial charge in [-0.25, -0.2) is 14.6 Å². The Kier molecular flexibility index (Phi) is 7.16. The predicted octanol–water partition coefficient (Wildman–Crippen LogP) is 6.46. The van der Waals surface area contributed by atoms with E-state index in [1.807, 2.05) is 37.3 Å². The molecule has 0 unspecified atom stereocenters. The van der Waals surface area contributed by atoms with Crippen LogP contribution >= 0.6 is 11.8 Å². The summed E-state index contributed by atoms with van der Waals surface area (Å²) in [6.07, 6.45) is 1.66. The van der Waals surface area contributed by atoms with E-state index >= 15 is 0 Å². The molecule has 1 amide bonds. The fourth-order valence-corrected chi connectivity index (χ4v) is 5.03. The van der Waals surface area contributed by atoms with Crippen LogP contribution in [-0.4, -0.2) is 38.1 Å². The second-order valence-electron chi connectivity index (χ2n) is 8.77. The third-order valence-electron chi connectivity index (χ3n) is 6.05. The summed E-state index contributed by atoms with van der Waals surface area (Å²) in [6, 6.07) is 24.0. The van der Waals surface area contributed by atoms with E-state index in [1.54, 1.807) is 47.4 Å². The summed E-state index contributed by atoms with van der Waals surface area (Å²) in [6.45, 7) is 2.03. The quantitative estimate of drug-likeness (QED) is 0.259. The van der Waals surface area contributed by atoms with Gasteiger partial charge in [-0.3, -0.25) is 9.69 Å². The maximum Gasteiger partial charge on any atom is 0.335 e. The average Bonchev–Trinajstić information content (AvgIpc) is 3.50. The smallest absolute Gasteiger partial charge is 0.335 e. The van der Waals surface area contributed by atoms with E-state index < -0.39 is 11.9 Å². The Balaban J connectivity index is 1.44. The molecule has 8 nitrogen and oxygen atoms in total. The number of nitrogens with zero attached hydrogens (tertiary/aromatic N) is 2. The largest absolute Gasteiger partial charge is 0.478 e. The molecule has 0 radical (unpaired) electrons. The van der Waals surface area contributed by atoms with Gasteiger partial charge in [0.1, 0.15) is 11.5 Å². The molecule has 1 aliphatic rings. The van der Waals surface area contributed by atoms with Gasteiger partial charge < -0.3 is 14.6 Å². The van der Waals surface area contributed by atoms with Crippen LogP contribution in [0.3, 0.4) is 0 Å². The number of furan rings is 1. The van der Waals surface area contributed by atoms with E-state index in [1.165, 1.54) is 30.0 Å². The van der Waals surface area contributed by atoms with Gasteiger partial charge >= 0.3 is 11.9 Å². The van der Waals surface area contributed by atoms with Gasteiger partial charge in [0.25, 0.3) is 5.91 Å². The van der Waals surface area contributed by atoms with E-state index in [0.29, 0.717) is 27.3 Å². The summed E-state index contributed by atoms with van der Waals surface area (Å²) in [4.78, 5) is 42.6. The van der Waals surface area contributed by atoms with Gasteiger partial charge in [0.15, 0.2) is 5.17 Å². The Hall–Kier alpha value is -4.89. The first kappa shape index (κ1) is 25.7. The first-order valence-corrected chi connectivity index (χ1v) is 12.7. The summed E-state index contributed by atoms with van der Waals surface area (Å²) >= 11 is 1.23. The summed E-state index contributed by atoms with van der Waals surface area (Å²) in [5.74, 6) is -1.25. The van der Waals surface area contributed by atoms with Gasteiger partial charge in [0, 0.05) is 11.6 Å². The lowest BCUT2D eigenvalue weighted by molar-refractivity contribution is -0.122. The minimum Gasteiger partial charge on any atom is -0.478 e. The van der Waals surface area contributed by atoms with Crippen LogP contribution in [0.15, 0.2) is 99.2 Å². The second-order valence-corrected chi connectivity index (χ2v) is 9.78. The second kappa shape index (κ2) is 10.8. The molecule has 1 aliphatic heterocycles. The monoisotopic (exact) mass is 538 g/mol. The number of carbonyl (C=O) groups excluding carboxylic acids is 1. The van der Waals surface area contributed by atoms with Crippen molar-refractivity contribution in [3.05, 3.63) is 118 Å². The summed E-state index contributed by atoms with van der Waals surface area (Å²) < 4.78 is 6.00. The Bertz CT molecular complexity index is 1640. The highest BCUT2D eigenvalue weighted by Crippen LogP contribution is 2.36. The number of amides is 1. The number of carbonyl (C=O) groups is 3. The van der Waals surface area contributed by atoms with Crippen molar-refractivity contribution < 1.29 is 29.0 Å². The van der Waals surface area contributed by atoms with Gasteiger partial charge in [0.05, 0.1) is 28.3 Å². The number of thioether (sulfide) groups is 1. The number of amidine groups is 1. The zero-order valence-electron chi connectivity index (χ0n) is 20.7. The SMILES string of the molecule is Cc1cc(C(=O)O)ccc1-c1ccc(/C=C2\SC(=Nc3ccccc3)N(Cc3ccc(C(=O)O)cc3)C2=O)o1. The van der Waals surface area contributed by atoms with E-state index in [2.05, 4.69) is 4.99 Å². The normalized spacial score (nSPS) is 15.3. The summed E-state index contributed by atoms with van der Waals surface area (Å²) in [7, 11) is 0. The van der Waals surface area contributed by atoms with Crippen molar-refractivity contribution in [1.29, 1.82) is 0 Å². The van der Waals surface area contributed by atoms with Crippen LogP contribution in [0.5, 0.6) is 0 Å². The number of hydrogen-bond donors (Lipinski definition) is 2. The Labute approximate surface area is 227 Å². The van der Waals surface area contributed by atoms with Gasteiger partial charge in [0.2, 0.25) is 0 Å². The maximum atomic E-state index is 13.5.